The average molecular weight is 887 g/mol. The number of aliphatic hydroxyl groups is 10. The summed E-state index contributed by atoms with van der Waals surface area (Å²) in [6.45, 7) is 5.80. The van der Waals surface area contributed by atoms with Gasteiger partial charge in [-0.1, -0.05) is 71.1 Å². The van der Waals surface area contributed by atoms with Gasteiger partial charge >= 0.3 is 5.97 Å². The third-order valence-electron chi connectivity index (χ3n) is 12.2. The highest BCUT2D eigenvalue weighted by Crippen LogP contribution is 2.35. The van der Waals surface area contributed by atoms with Gasteiger partial charge in [0.05, 0.1) is 31.0 Å². The van der Waals surface area contributed by atoms with E-state index in [1.54, 1.807) is 6.92 Å². The van der Waals surface area contributed by atoms with E-state index >= 15 is 0 Å². The largest absolute Gasteiger partial charge is 0.481 e. The number of carboxylic acid groups (broad SMARTS) is 1. The van der Waals surface area contributed by atoms with Crippen molar-refractivity contribution in [2.24, 2.45) is 0 Å². The number of aliphatic carboxylic acids is 1. The Balaban J connectivity index is 1.47. The van der Waals surface area contributed by atoms with E-state index in [4.69, 9.17) is 43.0 Å². The van der Waals surface area contributed by atoms with Gasteiger partial charge in [0.15, 0.2) is 25.2 Å². The number of carbonyl (C=O) groups is 1. The summed E-state index contributed by atoms with van der Waals surface area (Å²) in [6.07, 6.45) is -19.0. The lowest BCUT2D eigenvalue weighted by molar-refractivity contribution is -0.398. The summed E-state index contributed by atoms with van der Waals surface area (Å²) in [5.41, 5.74) is 0. The van der Waals surface area contributed by atoms with E-state index < -0.39 is 135 Å². The van der Waals surface area contributed by atoms with Crippen LogP contribution < -0.4 is 0 Å². The molecule has 0 saturated carbocycles. The Morgan fingerprint density at radius 1 is 0.492 bits per heavy atom. The molecule has 4 fully saturated rings. The van der Waals surface area contributed by atoms with Crippen molar-refractivity contribution >= 4 is 5.97 Å². The van der Waals surface area contributed by atoms with Crippen molar-refractivity contribution in [2.75, 3.05) is 6.61 Å². The Morgan fingerprint density at radius 2 is 0.934 bits per heavy atom. The van der Waals surface area contributed by atoms with Gasteiger partial charge in [-0.25, -0.2) is 0 Å². The van der Waals surface area contributed by atoms with Gasteiger partial charge in [0.1, 0.15) is 79.4 Å². The SMILES string of the molecule is CCCCCCC(CCCCCCCCCC(=O)O)OC1OC(C)C(O)C(O)C1OC1OC(CO)C(O)C(O)C1OC1OC(C)C(OC2OC(C)C(O)C(O)C2O)C(O)C1O. The van der Waals surface area contributed by atoms with Gasteiger partial charge in [0.25, 0.3) is 0 Å². The van der Waals surface area contributed by atoms with Gasteiger partial charge in [0.2, 0.25) is 0 Å². The van der Waals surface area contributed by atoms with Crippen molar-refractivity contribution < 1.29 is 98.9 Å². The second-order valence-corrected chi connectivity index (χ2v) is 17.1. The molecule has 61 heavy (non-hydrogen) atoms. The molecule has 4 saturated heterocycles. The Hall–Kier alpha value is -1.25. The molecule has 0 aromatic carbocycles. The Kier molecular flexibility index (Phi) is 21.8. The molecule has 4 heterocycles. The van der Waals surface area contributed by atoms with E-state index in [2.05, 4.69) is 6.92 Å². The predicted octanol–water partition coefficient (Wildman–Crippen LogP) is -0.707. The fourth-order valence-electron chi connectivity index (χ4n) is 8.26. The van der Waals surface area contributed by atoms with Gasteiger partial charge < -0.3 is 94.1 Å². The van der Waals surface area contributed by atoms with Crippen LogP contribution in [-0.2, 0) is 42.7 Å². The molecule has 0 bridgehead atoms. The maximum atomic E-state index is 11.4. The molecule has 4 rings (SSSR count). The first-order valence-electron chi connectivity index (χ1n) is 22.2. The van der Waals surface area contributed by atoms with Crippen LogP contribution in [0.1, 0.15) is 118 Å². The zero-order chi connectivity index (χ0) is 45.0. The van der Waals surface area contributed by atoms with Crippen LogP contribution >= 0.6 is 0 Å². The molecular formula is C41H74O20. The Bertz CT molecular complexity index is 1250. The number of carboxylic acids is 1. The van der Waals surface area contributed by atoms with Crippen LogP contribution in [-0.4, -0.2) is 198 Å². The molecule has 20 nitrogen and oxygen atoms in total. The van der Waals surface area contributed by atoms with E-state index in [-0.39, 0.29) is 12.5 Å². The molecule has 21 unspecified atom stereocenters. The van der Waals surface area contributed by atoms with Crippen molar-refractivity contribution in [1.82, 2.24) is 0 Å². The molecular weight excluding hydrogens is 812 g/mol. The van der Waals surface area contributed by atoms with Gasteiger partial charge in [-0.2, -0.15) is 0 Å². The van der Waals surface area contributed by atoms with Crippen LogP contribution in [0.15, 0.2) is 0 Å². The highest BCUT2D eigenvalue weighted by atomic mass is 16.8. The summed E-state index contributed by atoms with van der Waals surface area (Å²) in [5.74, 6) is -0.790. The number of hydrogen-bond donors (Lipinski definition) is 11. The molecule has 0 spiro atoms. The van der Waals surface area contributed by atoms with Crippen molar-refractivity contribution in [3.63, 3.8) is 0 Å². The standard InChI is InChI=1S/C41H74O20/c1-5-6-7-13-16-23(17-14-11-9-8-10-12-15-18-25(43)44)57-40-36(30(49)27(46)21(3)55-40)61-41-37(31(50)28(47)24(19-42)58-41)60-39-34(53)32(51)35(22(4)56-39)59-38-33(52)29(48)26(45)20(2)54-38/h20-24,26-42,45-53H,5-19H2,1-4H3,(H,43,44). The van der Waals surface area contributed by atoms with Gasteiger partial charge in [-0.3, -0.25) is 4.79 Å². The van der Waals surface area contributed by atoms with Crippen LogP contribution in [0, 0.1) is 0 Å². The monoisotopic (exact) mass is 886 g/mol. The third kappa shape index (κ3) is 14.4. The van der Waals surface area contributed by atoms with Crippen LogP contribution in [0.3, 0.4) is 0 Å². The molecule has 0 radical (unpaired) electrons. The molecule has 21 atom stereocenters. The molecule has 0 amide bonds. The number of ether oxygens (including phenoxy) is 8. The van der Waals surface area contributed by atoms with Gasteiger partial charge in [-0.15, -0.1) is 0 Å². The minimum absolute atomic E-state index is 0.170. The minimum Gasteiger partial charge on any atom is -0.481 e. The first-order valence-corrected chi connectivity index (χ1v) is 22.2. The second-order valence-electron chi connectivity index (χ2n) is 17.1. The van der Waals surface area contributed by atoms with Crippen molar-refractivity contribution in [1.29, 1.82) is 0 Å². The number of rotatable bonds is 24. The maximum Gasteiger partial charge on any atom is 0.303 e. The topological polar surface area (TPSA) is 313 Å². The van der Waals surface area contributed by atoms with E-state index in [1.807, 2.05) is 0 Å². The van der Waals surface area contributed by atoms with E-state index in [0.29, 0.717) is 19.3 Å². The zero-order valence-electron chi connectivity index (χ0n) is 35.8. The lowest BCUT2D eigenvalue weighted by atomic mass is 9.96. The van der Waals surface area contributed by atoms with Crippen LogP contribution in [0.5, 0.6) is 0 Å². The summed E-state index contributed by atoms with van der Waals surface area (Å²) < 4.78 is 47.8. The van der Waals surface area contributed by atoms with Crippen molar-refractivity contribution in [2.45, 2.75) is 247 Å². The molecule has 20 heteroatoms. The van der Waals surface area contributed by atoms with Gasteiger partial charge in [0, 0.05) is 6.42 Å². The molecule has 4 aliphatic rings. The lowest BCUT2D eigenvalue weighted by Gasteiger charge is -2.49. The van der Waals surface area contributed by atoms with Crippen LogP contribution in [0.25, 0.3) is 0 Å². The van der Waals surface area contributed by atoms with Crippen molar-refractivity contribution in [3.8, 4) is 0 Å². The van der Waals surface area contributed by atoms with Crippen molar-refractivity contribution in [3.05, 3.63) is 0 Å². The molecule has 4 aliphatic heterocycles. The van der Waals surface area contributed by atoms with E-state index in [0.717, 1.165) is 64.2 Å². The first-order chi connectivity index (χ1) is 29.0. The maximum absolute atomic E-state index is 11.4. The summed E-state index contributed by atoms with van der Waals surface area (Å²) in [4.78, 5) is 10.8. The Labute approximate surface area is 357 Å². The molecule has 0 aromatic heterocycles. The zero-order valence-corrected chi connectivity index (χ0v) is 35.8. The average Bonchev–Trinajstić information content (AvgIpc) is 3.22. The normalized spacial score (nSPS) is 42.7. The highest BCUT2D eigenvalue weighted by molar-refractivity contribution is 5.66. The summed E-state index contributed by atoms with van der Waals surface area (Å²) in [5, 5.41) is 117. The first kappa shape index (κ1) is 52.4. The Morgan fingerprint density at radius 3 is 1.52 bits per heavy atom. The number of hydrogen-bond acceptors (Lipinski definition) is 19. The van der Waals surface area contributed by atoms with Crippen LogP contribution in [0.2, 0.25) is 0 Å². The third-order valence-corrected chi connectivity index (χ3v) is 12.2. The summed E-state index contributed by atoms with van der Waals surface area (Å²) in [7, 11) is 0. The minimum atomic E-state index is -1.90. The molecule has 358 valence electrons. The summed E-state index contributed by atoms with van der Waals surface area (Å²) >= 11 is 0. The van der Waals surface area contributed by atoms with E-state index in [9.17, 15) is 55.9 Å². The quantitative estimate of drug-likeness (QED) is 0.0534. The van der Waals surface area contributed by atoms with Gasteiger partial charge in [-0.05, 0) is 40.0 Å². The number of unbranched alkanes of at least 4 members (excludes halogenated alkanes) is 9. The van der Waals surface area contributed by atoms with E-state index in [1.165, 1.54) is 13.8 Å². The summed E-state index contributed by atoms with van der Waals surface area (Å²) in [6, 6.07) is 0. The fourth-order valence-corrected chi connectivity index (χ4v) is 8.26. The fraction of sp³-hybridized carbons (Fsp3) is 0.976. The lowest BCUT2D eigenvalue weighted by Crippen LogP contribution is -2.67. The molecule has 0 aromatic rings. The predicted molar refractivity (Wildman–Crippen MR) is 210 cm³/mol. The second kappa shape index (κ2) is 25.4. The smallest absolute Gasteiger partial charge is 0.303 e. The molecule has 0 aliphatic carbocycles. The molecule has 11 N–H and O–H groups in total. The highest BCUT2D eigenvalue weighted by Gasteiger charge is 2.55. The number of aliphatic hydroxyl groups excluding tert-OH is 10. The van der Waals surface area contributed by atoms with Crippen LogP contribution in [0.4, 0.5) is 0 Å².